The fourth-order valence-corrected chi connectivity index (χ4v) is 7.95. The molecule has 0 amide bonds. The summed E-state index contributed by atoms with van der Waals surface area (Å²) in [4.78, 5) is 13.2. The largest absolute Gasteiger partial charge is 0.433 e. The van der Waals surface area contributed by atoms with Crippen molar-refractivity contribution in [1.82, 2.24) is 9.78 Å². The molecule has 176 valence electrons. The van der Waals surface area contributed by atoms with E-state index >= 15 is 0 Å². The first-order valence-corrected chi connectivity index (χ1v) is 12.0. The first-order chi connectivity index (χ1) is 15.0. The van der Waals surface area contributed by atoms with Gasteiger partial charge in [0, 0.05) is 12.1 Å². The van der Waals surface area contributed by atoms with E-state index in [2.05, 4.69) is 18.1 Å². The summed E-state index contributed by atoms with van der Waals surface area (Å²) in [6.45, 7) is 3.85. The van der Waals surface area contributed by atoms with Gasteiger partial charge in [-0.15, -0.1) is 0 Å². The van der Waals surface area contributed by atoms with E-state index in [0.717, 1.165) is 68.3 Å². The third kappa shape index (κ3) is 3.55. The number of carbonyl (C=O) groups is 1. The summed E-state index contributed by atoms with van der Waals surface area (Å²) in [5.74, 6) is 1.83. The van der Waals surface area contributed by atoms with Crippen molar-refractivity contribution in [3.8, 4) is 0 Å². The summed E-state index contributed by atoms with van der Waals surface area (Å²) < 4.78 is 40.5. The summed E-state index contributed by atoms with van der Waals surface area (Å²) in [7, 11) is 0. The van der Waals surface area contributed by atoms with Crippen LogP contribution in [0.25, 0.3) is 0 Å². The zero-order valence-electron chi connectivity index (χ0n) is 18.9. The smallest absolute Gasteiger partial charge is 0.390 e. The van der Waals surface area contributed by atoms with Gasteiger partial charge in [0.25, 0.3) is 0 Å². The highest BCUT2D eigenvalue weighted by Gasteiger charge is 2.57. The molecule has 4 nitrogen and oxygen atoms in total. The Balaban J connectivity index is 1.34. The number of nitrogens with zero attached hydrogens (tertiary/aromatic N) is 2. The molecule has 0 radical (unpaired) electrons. The molecule has 32 heavy (non-hydrogen) atoms. The van der Waals surface area contributed by atoms with E-state index in [0.29, 0.717) is 23.7 Å². The van der Waals surface area contributed by atoms with Crippen LogP contribution in [0.1, 0.15) is 70.9 Å². The molecule has 7 heteroatoms. The molecule has 3 fully saturated rings. The minimum atomic E-state index is -4.51. The second kappa shape index (κ2) is 7.44. The van der Waals surface area contributed by atoms with Gasteiger partial charge in [0.15, 0.2) is 5.78 Å². The van der Waals surface area contributed by atoms with Crippen LogP contribution in [0.15, 0.2) is 23.9 Å². The highest BCUT2D eigenvalue weighted by atomic mass is 19.4. The number of allylic oxidation sites excluding steroid dienone is 1. The predicted molar refractivity (Wildman–Crippen MR) is 113 cm³/mol. The van der Waals surface area contributed by atoms with Crippen molar-refractivity contribution in [3.63, 3.8) is 0 Å². The Kier molecular flexibility index (Phi) is 5.16. The second-order valence-electron chi connectivity index (χ2n) is 11.3. The van der Waals surface area contributed by atoms with Crippen LogP contribution in [0, 0.1) is 35.0 Å². The lowest BCUT2D eigenvalue weighted by molar-refractivity contribution is -0.145. The molecular weight excluding hydrogens is 417 g/mol. The van der Waals surface area contributed by atoms with Crippen molar-refractivity contribution >= 4 is 5.78 Å². The van der Waals surface area contributed by atoms with E-state index in [1.807, 2.05) is 6.92 Å². The van der Waals surface area contributed by atoms with Crippen LogP contribution < -0.4 is 0 Å². The van der Waals surface area contributed by atoms with Gasteiger partial charge in [-0.25, -0.2) is 0 Å². The highest BCUT2D eigenvalue weighted by molar-refractivity contribution is 5.82. The van der Waals surface area contributed by atoms with Crippen molar-refractivity contribution in [1.29, 1.82) is 0 Å². The molecule has 5 rings (SSSR count). The maximum atomic E-state index is 13.2. The number of fused-ring (bicyclic) bond motifs is 5. The van der Waals surface area contributed by atoms with E-state index in [9.17, 15) is 23.1 Å². The Morgan fingerprint density at radius 2 is 1.97 bits per heavy atom. The summed E-state index contributed by atoms with van der Waals surface area (Å²) >= 11 is 0. The zero-order valence-corrected chi connectivity index (χ0v) is 18.9. The summed E-state index contributed by atoms with van der Waals surface area (Å²) in [6, 6.07) is 0.936. The predicted octanol–water partition coefficient (Wildman–Crippen LogP) is 5.41. The minimum absolute atomic E-state index is 0.108. The molecule has 4 aliphatic rings. The van der Waals surface area contributed by atoms with Crippen molar-refractivity contribution in [2.45, 2.75) is 83.5 Å². The van der Waals surface area contributed by atoms with Crippen LogP contribution in [0.5, 0.6) is 0 Å². The van der Waals surface area contributed by atoms with Crippen LogP contribution in [0.3, 0.4) is 0 Å². The molecule has 0 unspecified atom stereocenters. The lowest BCUT2D eigenvalue weighted by atomic mass is 9.51. The van der Waals surface area contributed by atoms with E-state index in [1.165, 1.54) is 5.57 Å². The minimum Gasteiger partial charge on any atom is -0.390 e. The molecule has 0 aromatic carbocycles. The quantitative estimate of drug-likeness (QED) is 0.627. The van der Waals surface area contributed by atoms with Crippen molar-refractivity contribution in [2.75, 3.05) is 0 Å². The summed E-state index contributed by atoms with van der Waals surface area (Å²) in [5, 5.41) is 14.3. The molecule has 1 aromatic rings. The SMILES string of the molecule is C[C@@]1(O)CC[C@H]2C(=CC[C@@H]3[C@@H]2CC[C@]2(C)[C@@H](C(=O)Cn4nccc4C(F)(F)F)CC[C@@H]32)C1. The van der Waals surface area contributed by atoms with Gasteiger partial charge in [0.2, 0.25) is 0 Å². The number of Topliss-reactive ketones (excluding diaryl/α,β-unsaturated/α-hetero) is 1. The Hall–Kier alpha value is -1.63. The van der Waals surface area contributed by atoms with Gasteiger partial charge < -0.3 is 5.11 Å². The Morgan fingerprint density at radius 3 is 2.72 bits per heavy atom. The molecule has 1 aromatic heterocycles. The topological polar surface area (TPSA) is 55.1 Å². The van der Waals surface area contributed by atoms with Crippen LogP contribution in [0.2, 0.25) is 0 Å². The van der Waals surface area contributed by atoms with Gasteiger partial charge in [-0.2, -0.15) is 18.3 Å². The summed E-state index contributed by atoms with van der Waals surface area (Å²) in [5.41, 5.74) is -0.164. The Morgan fingerprint density at radius 1 is 1.19 bits per heavy atom. The zero-order chi connectivity index (χ0) is 22.9. The Bertz CT molecular complexity index is 934. The molecule has 0 spiro atoms. The fraction of sp³-hybridized carbons (Fsp3) is 0.760. The maximum Gasteiger partial charge on any atom is 0.433 e. The van der Waals surface area contributed by atoms with Gasteiger partial charge in [-0.3, -0.25) is 9.48 Å². The standard InChI is InChI=1S/C25H33F3N2O2/c1-23(32)10-7-16-15(13-23)3-4-18-17(16)8-11-24(2)19(18)5-6-20(24)21(31)14-30-22(9-12-29-30)25(26,27)28/h3,9,12,16-20,32H,4-8,10-11,13-14H2,1-2H3/t16-,17+,18+,19-,20+,23+,24-/m0/s1. The van der Waals surface area contributed by atoms with Gasteiger partial charge >= 0.3 is 6.18 Å². The van der Waals surface area contributed by atoms with Crippen LogP contribution >= 0.6 is 0 Å². The number of hydrogen-bond acceptors (Lipinski definition) is 3. The van der Waals surface area contributed by atoms with Crippen LogP contribution in [0.4, 0.5) is 13.2 Å². The average molecular weight is 451 g/mol. The van der Waals surface area contributed by atoms with Gasteiger partial charge in [0.05, 0.1) is 5.60 Å². The molecule has 0 saturated heterocycles. The number of aromatic nitrogens is 2. The Labute approximate surface area is 187 Å². The van der Waals surface area contributed by atoms with Crippen molar-refractivity contribution in [2.24, 2.45) is 35.0 Å². The second-order valence-corrected chi connectivity index (χ2v) is 11.3. The van der Waals surface area contributed by atoms with E-state index in [-0.39, 0.29) is 23.7 Å². The van der Waals surface area contributed by atoms with Crippen LogP contribution in [-0.2, 0) is 17.5 Å². The lowest BCUT2D eigenvalue weighted by Gasteiger charge is -2.54. The molecule has 7 atom stereocenters. The third-order valence-electron chi connectivity index (χ3n) is 9.42. The molecule has 0 aliphatic heterocycles. The molecule has 1 heterocycles. The molecular formula is C25H33F3N2O2. The first-order valence-electron chi connectivity index (χ1n) is 12.0. The monoisotopic (exact) mass is 450 g/mol. The third-order valence-corrected chi connectivity index (χ3v) is 9.42. The maximum absolute atomic E-state index is 13.2. The van der Waals surface area contributed by atoms with Gasteiger partial charge in [-0.05, 0) is 93.4 Å². The van der Waals surface area contributed by atoms with Gasteiger partial charge in [0.1, 0.15) is 12.2 Å². The average Bonchev–Trinajstić information content (AvgIpc) is 3.30. The number of alkyl halides is 3. The molecule has 4 aliphatic carbocycles. The molecule has 3 saturated carbocycles. The highest BCUT2D eigenvalue weighted by Crippen LogP contribution is 2.63. The molecule has 1 N–H and O–H groups in total. The van der Waals surface area contributed by atoms with Crippen molar-refractivity contribution < 1.29 is 23.1 Å². The molecule has 0 bridgehead atoms. The number of hydrogen-bond donors (Lipinski definition) is 1. The van der Waals surface area contributed by atoms with E-state index < -0.39 is 17.5 Å². The van der Waals surface area contributed by atoms with Gasteiger partial charge in [-0.1, -0.05) is 18.6 Å². The van der Waals surface area contributed by atoms with E-state index in [4.69, 9.17) is 0 Å². The number of ketones is 1. The fourth-order valence-electron chi connectivity index (χ4n) is 7.95. The summed E-state index contributed by atoms with van der Waals surface area (Å²) in [6.07, 6.45) is 6.40. The normalized spacial score (nSPS) is 41.4. The van der Waals surface area contributed by atoms with Crippen molar-refractivity contribution in [3.05, 3.63) is 29.6 Å². The number of carbonyl (C=O) groups excluding carboxylic acids is 1. The lowest BCUT2D eigenvalue weighted by Crippen LogP contribution is -2.48. The number of aliphatic hydroxyl groups is 1. The van der Waals surface area contributed by atoms with Crippen LogP contribution in [-0.4, -0.2) is 26.3 Å². The number of rotatable bonds is 3. The van der Waals surface area contributed by atoms with E-state index in [1.54, 1.807) is 0 Å². The number of halogens is 3. The first kappa shape index (κ1) is 22.2.